The quantitative estimate of drug-likeness (QED) is 0.156. The van der Waals surface area contributed by atoms with Gasteiger partial charge in [-0.1, -0.05) is 310 Å². The lowest BCUT2D eigenvalue weighted by atomic mass is 9.70. The average molecular weight is 1000 g/mol. The van der Waals surface area contributed by atoms with Gasteiger partial charge in [-0.25, -0.2) is 0 Å². The van der Waals surface area contributed by atoms with E-state index in [1.807, 2.05) is 0 Å². The van der Waals surface area contributed by atoms with Gasteiger partial charge in [0.2, 0.25) is 0 Å². The van der Waals surface area contributed by atoms with Crippen molar-refractivity contribution in [3.63, 3.8) is 0 Å². The van der Waals surface area contributed by atoms with E-state index in [9.17, 15) is 0 Å². The van der Waals surface area contributed by atoms with Crippen LogP contribution in [-0.2, 0) is 16.2 Å². The minimum atomic E-state index is 0.223. The summed E-state index contributed by atoms with van der Waals surface area (Å²) in [6.07, 6.45) is 24.4. The molecule has 6 aromatic carbocycles. The third-order valence-electron chi connectivity index (χ3n) is 18.4. The van der Waals surface area contributed by atoms with Gasteiger partial charge in [-0.05, 0) is 151 Å². The second kappa shape index (κ2) is 28.5. The molecule has 3 aliphatic rings. The summed E-state index contributed by atoms with van der Waals surface area (Å²) in [5.74, 6) is 3.03. The summed E-state index contributed by atoms with van der Waals surface area (Å²) in [4.78, 5) is 0. The van der Waals surface area contributed by atoms with Crippen LogP contribution in [0.1, 0.15) is 250 Å². The highest BCUT2D eigenvalue weighted by Gasteiger charge is 2.29. The van der Waals surface area contributed by atoms with Gasteiger partial charge in [0.05, 0.1) is 0 Å². The van der Waals surface area contributed by atoms with Crippen LogP contribution in [0, 0.1) is 34.0 Å². The van der Waals surface area contributed by atoms with Crippen molar-refractivity contribution in [3.05, 3.63) is 144 Å². The van der Waals surface area contributed by atoms with Crippen molar-refractivity contribution in [2.24, 2.45) is 34.0 Å². The first kappa shape index (κ1) is 62.6. The maximum atomic E-state index is 2.43. The Morgan fingerprint density at radius 3 is 1.09 bits per heavy atom. The van der Waals surface area contributed by atoms with Crippen molar-refractivity contribution in [3.8, 4) is 0 Å². The molecule has 3 aliphatic carbocycles. The molecule has 3 fully saturated rings. The smallest absolute Gasteiger partial charge is 0.0100 e. The first-order chi connectivity index (χ1) is 34.7. The predicted molar refractivity (Wildman–Crippen MR) is 335 cm³/mol. The molecule has 0 atom stereocenters. The first-order valence-corrected chi connectivity index (χ1v) is 30.2. The summed E-state index contributed by atoms with van der Waals surface area (Å²) in [5, 5.41) is 8.12. The number of fused-ring (bicyclic) bond motifs is 3. The van der Waals surface area contributed by atoms with Gasteiger partial charge >= 0.3 is 0 Å². The van der Waals surface area contributed by atoms with Gasteiger partial charge in [-0.2, -0.15) is 0 Å². The molecule has 9 rings (SSSR count). The number of hydrogen-bond donors (Lipinski definition) is 0. The van der Waals surface area contributed by atoms with Gasteiger partial charge in [0.15, 0.2) is 0 Å². The highest BCUT2D eigenvalue weighted by molar-refractivity contribution is 5.87. The Morgan fingerprint density at radius 1 is 0.324 bits per heavy atom. The Kier molecular flexibility index (Phi) is 24.1. The van der Waals surface area contributed by atoms with E-state index >= 15 is 0 Å². The van der Waals surface area contributed by atoms with Crippen LogP contribution in [0.25, 0.3) is 32.3 Å². The predicted octanol–water partition coefficient (Wildman–Crippen LogP) is 24.0. The molecule has 3 saturated carbocycles. The summed E-state index contributed by atoms with van der Waals surface area (Å²) in [6.45, 7) is 41.9. The molecule has 0 spiro atoms. The van der Waals surface area contributed by atoms with E-state index in [4.69, 9.17) is 0 Å². The summed E-state index contributed by atoms with van der Waals surface area (Å²) >= 11 is 0. The van der Waals surface area contributed by atoms with Gasteiger partial charge in [-0.15, -0.1) is 0 Å². The maximum absolute atomic E-state index is 2.43. The Bertz CT molecular complexity index is 2490. The highest BCUT2D eigenvalue weighted by atomic mass is 14.3. The van der Waals surface area contributed by atoms with E-state index in [0.717, 1.165) is 17.8 Å². The second-order valence-corrected chi connectivity index (χ2v) is 28.1. The summed E-state index contributed by atoms with van der Waals surface area (Å²) in [6, 6.07) is 45.7. The Balaban J connectivity index is 0.000000194. The fourth-order valence-corrected chi connectivity index (χ4v) is 11.6. The molecule has 0 radical (unpaired) electrons. The zero-order valence-electron chi connectivity index (χ0n) is 51.4. The molecule has 0 aromatic heterocycles. The monoisotopic (exact) mass is 1000 g/mol. The summed E-state index contributed by atoms with van der Waals surface area (Å²) in [7, 11) is 0. The number of benzene rings is 6. The van der Waals surface area contributed by atoms with E-state index in [0.29, 0.717) is 16.2 Å². The fourth-order valence-electron chi connectivity index (χ4n) is 11.6. The number of rotatable bonds is 6. The molecule has 0 unspecified atom stereocenters. The third-order valence-corrected chi connectivity index (χ3v) is 18.4. The minimum absolute atomic E-state index is 0.223. The standard InChI is InChI=1S/2C15H18.C14H16.C11H22.C10H20.C9H18/c1-4-15(2,3)14-11-7-9-12-8-5-6-10-13(12)14;1-4-15(2,3)14-10-9-12-7-5-6-8-13(12)11-14;1-14(2,3)13-10-6-8-11-7-4-5-9-12(11)13;1-4-11(2,3)10-8-6-5-7-9-10;1-10(2,3)9-7-5-4-6-8-9;1-9(2,3)8-6-4-5-7-8/h2*5-11H,4H2,1-3H3;4-10H,1-3H3;10H,4-9H2,1-3H3;9H,4-8H2,1-3H3;8H,4-7H2,1-3H3. The highest BCUT2D eigenvalue weighted by Crippen LogP contribution is 2.41. The van der Waals surface area contributed by atoms with E-state index < -0.39 is 0 Å². The molecule has 74 heavy (non-hydrogen) atoms. The van der Waals surface area contributed by atoms with Crippen molar-refractivity contribution in [1.29, 1.82) is 0 Å². The lowest BCUT2D eigenvalue weighted by molar-refractivity contribution is 0.152. The van der Waals surface area contributed by atoms with Gasteiger partial charge in [0.25, 0.3) is 0 Å². The molecule has 0 heteroatoms. The molecule has 0 saturated heterocycles. The van der Waals surface area contributed by atoms with Gasteiger partial charge in [-0.3, -0.25) is 0 Å². The summed E-state index contributed by atoms with van der Waals surface area (Å²) in [5.41, 5.74) is 6.85. The maximum Gasteiger partial charge on any atom is -0.0100 e. The molecule has 0 N–H and O–H groups in total. The normalized spacial score (nSPS) is 16.3. The van der Waals surface area contributed by atoms with E-state index in [-0.39, 0.29) is 16.2 Å². The van der Waals surface area contributed by atoms with Crippen LogP contribution in [0.15, 0.2) is 127 Å². The largest absolute Gasteiger partial charge is 0.0649 e. The van der Waals surface area contributed by atoms with E-state index in [1.54, 1.807) is 0 Å². The Labute approximate surface area is 458 Å². The lowest BCUT2D eigenvalue weighted by Gasteiger charge is -2.36. The fraction of sp³-hybridized carbons (Fsp3) is 0.595. The second-order valence-electron chi connectivity index (χ2n) is 28.1. The molecule has 408 valence electrons. The Hall–Kier alpha value is -3.90. The van der Waals surface area contributed by atoms with Gasteiger partial charge in [0.1, 0.15) is 0 Å². The minimum Gasteiger partial charge on any atom is -0.0649 e. The SMILES string of the molecule is CC(C)(C)C1CCCC1.CC(C)(C)C1CCCCC1.CC(C)(C)c1cccc2ccccc12.CCC(C)(C)C1CCCCC1.CCC(C)(C)c1ccc2ccccc2c1.CCC(C)(C)c1cccc2ccccc12. The third kappa shape index (κ3) is 19.3. The van der Waals surface area contributed by atoms with Gasteiger partial charge < -0.3 is 0 Å². The van der Waals surface area contributed by atoms with E-state index in [2.05, 4.69) is 252 Å². The van der Waals surface area contributed by atoms with Gasteiger partial charge in [0, 0.05) is 0 Å². The van der Waals surface area contributed by atoms with Crippen LogP contribution in [0.4, 0.5) is 0 Å². The molecule has 0 aliphatic heterocycles. The van der Waals surface area contributed by atoms with E-state index in [1.165, 1.54) is 158 Å². The van der Waals surface area contributed by atoms with Crippen molar-refractivity contribution < 1.29 is 0 Å². The Morgan fingerprint density at radius 2 is 0.689 bits per heavy atom. The molecule has 0 bridgehead atoms. The van der Waals surface area contributed by atoms with Crippen LogP contribution in [0.2, 0.25) is 0 Å². The molecular weight excluding hydrogens is 889 g/mol. The zero-order valence-corrected chi connectivity index (χ0v) is 51.4. The van der Waals surface area contributed by atoms with Crippen molar-refractivity contribution in [1.82, 2.24) is 0 Å². The molecule has 6 aromatic rings. The molecule has 0 nitrogen and oxygen atoms in total. The van der Waals surface area contributed by atoms with Crippen molar-refractivity contribution in [2.45, 2.75) is 250 Å². The number of hydrogen-bond acceptors (Lipinski definition) is 0. The molecule has 0 amide bonds. The summed E-state index contributed by atoms with van der Waals surface area (Å²) < 4.78 is 0. The average Bonchev–Trinajstić information content (AvgIpc) is 3.96. The first-order valence-electron chi connectivity index (χ1n) is 30.2. The van der Waals surface area contributed by atoms with Crippen molar-refractivity contribution in [2.75, 3.05) is 0 Å². The molecule has 0 heterocycles. The zero-order chi connectivity index (χ0) is 54.8. The topological polar surface area (TPSA) is 0 Å². The van der Waals surface area contributed by atoms with Crippen LogP contribution >= 0.6 is 0 Å². The van der Waals surface area contributed by atoms with Crippen LogP contribution in [0.5, 0.6) is 0 Å². The van der Waals surface area contributed by atoms with Crippen LogP contribution < -0.4 is 0 Å². The van der Waals surface area contributed by atoms with Crippen LogP contribution in [0.3, 0.4) is 0 Å². The lowest BCUT2D eigenvalue weighted by Crippen LogP contribution is -2.25. The van der Waals surface area contributed by atoms with Crippen LogP contribution in [-0.4, -0.2) is 0 Å². The molecular formula is C74H112. The van der Waals surface area contributed by atoms with Crippen molar-refractivity contribution >= 4 is 32.3 Å².